The maximum absolute atomic E-state index is 12.5. The molecule has 0 radical (unpaired) electrons. The third-order valence-corrected chi connectivity index (χ3v) is 5.43. The summed E-state index contributed by atoms with van der Waals surface area (Å²) in [5, 5.41) is 2.86. The number of hydrazine groups is 1. The first kappa shape index (κ1) is 25.2. The van der Waals surface area contributed by atoms with Crippen LogP contribution in [-0.4, -0.2) is 44.4 Å². The van der Waals surface area contributed by atoms with Gasteiger partial charge in [0.05, 0.1) is 12.2 Å². The molecule has 2 aromatic carbocycles. The van der Waals surface area contributed by atoms with Gasteiger partial charge in [-0.15, -0.1) is 0 Å². The maximum Gasteiger partial charge on any atom is 0.408 e. The predicted molar refractivity (Wildman–Crippen MR) is 119 cm³/mol. The van der Waals surface area contributed by atoms with Gasteiger partial charge in [0.2, 0.25) is 5.91 Å². The van der Waals surface area contributed by atoms with Gasteiger partial charge in [-0.05, 0) is 29.7 Å². The largest absolute Gasteiger partial charge is 0.445 e. The second-order valence-corrected chi connectivity index (χ2v) is 9.71. The molecule has 0 aromatic heterocycles. The number of alkyl carbamates (subject to hydrolysis) is 1. The molecular formula is C21H24ClN3O6S. The molecule has 0 saturated heterocycles. The first-order valence-electron chi connectivity index (χ1n) is 9.60. The fourth-order valence-electron chi connectivity index (χ4n) is 2.56. The molecule has 0 spiro atoms. The molecule has 0 aliphatic rings. The van der Waals surface area contributed by atoms with Crippen LogP contribution in [0.25, 0.3) is 0 Å². The van der Waals surface area contributed by atoms with E-state index in [1.54, 1.807) is 48.5 Å². The summed E-state index contributed by atoms with van der Waals surface area (Å²) in [7, 11) is -3.39. The van der Waals surface area contributed by atoms with E-state index < -0.39 is 33.8 Å². The predicted octanol–water partition coefficient (Wildman–Crippen LogP) is 1.76. The number of amides is 3. The standard InChI is InChI=1S/C21H24ClN3O6S/c1-32(29,30)12-11-18(23-21(28)31-14-16-5-3-2-4-6-16)20(27)25-24-19(26)13-15-7-9-17(22)10-8-15/h2-10,18H,11-14H2,1H3,(H,23,28)(H,24,26)(H,25,27). The molecule has 0 saturated carbocycles. The number of carbonyl (C=O) groups is 3. The highest BCUT2D eigenvalue weighted by Gasteiger charge is 2.23. The highest BCUT2D eigenvalue weighted by molar-refractivity contribution is 7.90. The second kappa shape index (κ2) is 12.1. The van der Waals surface area contributed by atoms with E-state index in [0.717, 1.165) is 11.8 Å². The molecule has 0 aliphatic carbocycles. The van der Waals surface area contributed by atoms with Gasteiger partial charge in [-0.2, -0.15) is 0 Å². The Labute approximate surface area is 191 Å². The van der Waals surface area contributed by atoms with Crippen LogP contribution in [-0.2, 0) is 37.2 Å². The molecule has 3 amide bonds. The Morgan fingerprint density at radius 1 is 0.969 bits per heavy atom. The number of benzene rings is 2. The zero-order valence-electron chi connectivity index (χ0n) is 17.3. The molecular weight excluding hydrogens is 458 g/mol. The highest BCUT2D eigenvalue weighted by Crippen LogP contribution is 2.09. The van der Waals surface area contributed by atoms with Gasteiger partial charge >= 0.3 is 6.09 Å². The topological polar surface area (TPSA) is 131 Å². The monoisotopic (exact) mass is 481 g/mol. The van der Waals surface area contributed by atoms with E-state index in [-0.39, 0.29) is 25.2 Å². The summed E-state index contributed by atoms with van der Waals surface area (Å²) in [4.78, 5) is 36.6. The van der Waals surface area contributed by atoms with Crippen LogP contribution in [0, 0.1) is 0 Å². The molecule has 0 bridgehead atoms. The molecule has 2 rings (SSSR count). The molecule has 9 nitrogen and oxygen atoms in total. The Bertz CT molecular complexity index is 1030. The van der Waals surface area contributed by atoms with E-state index in [4.69, 9.17) is 16.3 Å². The number of rotatable bonds is 9. The lowest BCUT2D eigenvalue weighted by Crippen LogP contribution is -2.53. The molecule has 172 valence electrons. The summed E-state index contributed by atoms with van der Waals surface area (Å²) in [6, 6.07) is 14.3. The van der Waals surface area contributed by atoms with Crippen molar-refractivity contribution in [1.29, 1.82) is 0 Å². The molecule has 3 N–H and O–H groups in total. The Balaban J connectivity index is 1.90. The number of nitrogens with one attached hydrogen (secondary N) is 3. The fraction of sp³-hybridized carbons (Fsp3) is 0.286. The Hall–Kier alpha value is -3.11. The van der Waals surface area contributed by atoms with Crippen molar-refractivity contribution in [3.8, 4) is 0 Å². The second-order valence-electron chi connectivity index (χ2n) is 7.02. The maximum atomic E-state index is 12.5. The van der Waals surface area contributed by atoms with Gasteiger partial charge in [-0.1, -0.05) is 54.1 Å². The van der Waals surface area contributed by atoms with Crippen LogP contribution in [0.3, 0.4) is 0 Å². The zero-order chi connectivity index (χ0) is 23.6. The van der Waals surface area contributed by atoms with Gasteiger partial charge in [0, 0.05) is 11.3 Å². The number of carbonyl (C=O) groups excluding carboxylic acids is 3. The molecule has 1 unspecified atom stereocenters. The van der Waals surface area contributed by atoms with Gasteiger partial charge in [-0.3, -0.25) is 20.4 Å². The quantitative estimate of drug-likeness (QED) is 0.468. The Kier molecular flexibility index (Phi) is 9.48. The van der Waals surface area contributed by atoms with Crippen molar-refractivity contribution in [2.24, 2.45) is 0 Å². The van der Waals surface area contributed by atoms with Crippen LogP contribution < -0.4 is 16.2 Å². The minimum Gasteiger partial charge on any atom is -0.445 e. The van der Waals surface area contributed by atoms with E-state index in [9.17, 15) is 22.8 Å². The smallest absolute Gasteiger partial charge is 0.408 e. The SMILES string of the molecule is CS(=O)(=O)CCC(NC(=O)OCc1ccccc1)C(=O)NNC(=O)Cc1ccc(Cl)cc1. The van der Waals surface area contributed by atoms with Crippen molar-refractivity contribution in [1.82, 2.24) is 16.2 Å². The number of sulfone groups is 1. The fourth-order valence-corrected chi connectivity index (χ4v) is 3.35. The lowest BCUT2D eigenvalue weighted by molar-refractivity contribution is -0.129. The van der Waals surface area contributed by atoms with Gasteiger partial charge in [0.1, 0.15) is 22.5 Å². The van der Waals surface area contributed by atoms with E-state index in [2.05, 4.69) is 16.2 Å². The highest BCUT2D eigenvalue weighted by atomic mass is 35.5. The van der Waals surface area contributed by atoms with Crippen LogP contribution in [0.1, 0.15) is 17.5 Å². The van der Waals surface area contributed by atoms with Crippen molar-refractivity contribution >= 4 is 39.3 Å². The number of halogens is 1. The van der Waals surface area contributed by atoms with Crippen LogP contribution in [0.5, 0.6) is 0 Å². The normalized spacial score (nSPS) is 11.8. The number of hydrogen-bond donors (Lipinski definition) is 3. The number of hydrogen-bond acceptors (Lipinski definition) is 6. The van der Waals surface area contributed by atoms with Crippen LogP contribution in [0.4, 0.5) is 4.79 Å². The van der Waals surface area contributed by atoms with Gasteiger partial charge < -0.3 is 10.1 Å². The summed E-state index contributed by atoms with van der Waals surface area (Å²) >= 11 is 5.80. The minimum atomic E-state index is -3.39. The molecule has 32 heavy (non-hydrogen) atoms. The minimum absolute atomic E-state index is 0.0159. The summed E-state index contributed by atoms with van der Waals surface area (Å²) in [6.45, 7) is -0.0229. The van der Waals surface area contributed by atoms with Crippen molar-refractivity contribution in [3.05, 3.63) is 70.7 Å². The molecule has 0 heterocycles. The van der Waals surface area contributed by atoms with E-state index in [1.807, 2.05) is 6.07 Å². The number of ether oxygens (including phenoxy) is 1. The van der Waals surface area contributed by atoms with Crippen LogP contribution in [0.15, 0.2) is 54.6 Å². The Morgan fingerprint density at radius 3 is 2.25 bits per heavy atom. The Morgan fingerprint density at radius 2 is 1.62 bits per heavy atom. The molecule has 2 aromatic rings. The van der Waals surface area contributed by atoms with E-state index in [0.29, 0.717) is 10.6 Å². The van der Waals surface area contributed by atoms with Crippen molar-refractivity contribution in [2.75, 3.05) is 12.0 Å². The first-order valence-corrected chi connectivity index (χ1v) is 12.0. The molecule has 1 atom stereocenters. The summed E-state index contributed by atoms with van der Waals surface area (Å²) in [5.74, 6) is -1.63. The van der Waals surface area contributed by atoms with Crippen LogP contribution >= 0.6 is 11.6 Å². The third kappa shape index (κ3) is 9.80. The van der Waals surface area contributed by atoms with Crippen molar-refractivity contribution in [3.63, 3.8) is 0 Å². The summed E-state index contributed by atoms with van der Waals surface area (Å²) < 4.78 is 28.1. The average molecular weight is 482 g/mol. The molecule has 11 heteroatoms. The van der Waals surface area contributed by atoms with Gasteiger partial charge in [0.15, 0.2) is 0 Å². The van der Waals surface area contributed by atoms with Crippen molar-refractivity contribution < 1.29 is 27.5 Å². The van der Waals surface area contributed by atoms with Gasteiger partial charge in [-0.25, -0.2) is 13.2 Å². The molecule has 0 aliphatic heterocycles. The lowest BCUT2D eigenvalue weighted by Gasteiger charge is -2.18. The first-order chi connectivity index (χ1) is 15.1. The zero-order valence-corrected chi connectivity index (χ0v) is 18.9. The van der Waals surface area contributed by atoms with Crippen LogP contribution in [0.2, 0.25) is 5.02 Å². The third-order valence-electron chi connectivity index (χ3n) is 4.20. The van der Waals surface area contributed by atoms with Gasteiger partial charge in [0.25, 0.3) is 5.91 Å². The average Bonchev–Trinajstić information content (AvgIpc) is 2.75. The lowest BCUT2D eigenvalue weighted by atomic mass is 10.1. The summed E-state index contributed by atoms with van der Waals surface area (Å²) in [5.41, 5.74) is 5.86. The summed E-state index contributed by atoms with van der Waals surface area (Å²) in [6.07, 6.45) is -0.0882. The van der Waals surface area contributed by atoms with Crippen molar-refractivity contribution in [2.45, 2.75) is 25.5 Å². The van der Waals surface area contributed by atoms with E-state index in [1.165, 1.54) is 0 Å². The van der Waals surface area contributed by atoms with E-state index >= 15 is 0 Å². The molecule has 0 fully saturated rings.